The molecule has 0 bridgehead atoms. The molecule has 2 unspecified atom stereocenters. The Morgan fingerprint density at radius 1 is 1.55 bits per heavy atom. The maximum absolute atomic E-state index is 11.1. The molecule has 11 heavy (non-hydrogen) atoms. The highest BCUT2D eigenvalue weighted by molar-refractivity contribution is 5.79. The van der Waals surface area contributed by atoms with Crippen LogP contribution in [0.15, 0.2) is 0 Å². The highest BCUT2D eigenvalue weighted by Gasteiger charge is 2.36. The molecule has 1 fully saturated rings. The smallest absolute Gasteiger partial charge is 0.134 e. The molecule has 0 spiro atoms. The van der Waals surface area contributed by atoms with Gasteiger partial charge in [-0.25, -0.2) is 0 Å². The molecule has 0 aliphatic heterocycles. The van der Waals surface area contributed by atoms with Crippen LogP contribution in [0.1, 0.15) is 32.6 Å². The van der Waals surface area contributed by atoms with Gasteiger partial charge in [-0.15, -0.1) is 0 Å². The van der Waals surface area contributed by atoms with Crippen LogP contribution in [0.4, 0.5) is 0 Å². The second-order valence-electron chi connectivity index (χ2n) is 3.45. The van der Waals surface area contributed by atoms with E-state index < -0.39 is 0 Å². The Kier molecular flexibility index (Phi) is 3.06. The van der Waals surface area contributed by atoms with Gasteiger partial charge in [-0.3, -0.25) is 4.79 Å². The first-order valence-electron chi connectivity index (χ1n) is 4.49. The van der Waals surface area contributed by atoms with Crippen molar-refractivity contribution in [1.82, 2.24) is 0 Å². The third kappa shape index (κ3) is 2.62. The van der Waals surface area contributed by atoms with Crippen LogP contribution in [0.5, 0.6) is 0 Å². The van der Waals surface area contributed by atoms with Crippen molar-refractivity contribution in [2.75, 3.05) is 6.54 Å². The summed E-state index contributed by atoms with van der Waals surface area (Å²) in [5, 5.41) is 0. The van der Waals surface area contributed by atoms with E-state index in [4.69, 9.17) is 5.73 Å². The lowest BCUT2D eigenvalue weighted by Gasteiger charge is -1.96. The third-order valence-electron chi connectivity index (χ3n) is 2.51. The van der Waals surface area contributed by atoms with Gasteiger partial charge >= 0.3 is 0 Å². The van der Waals surface area contributed by atoms with E-state index in [1.54, 1.807) is 0 Å². The van der Waals surface area contributed by atoms with Gasteiger partial charge in [0.1, 0.15) is 5.78 Å². The predicted octanol–water partition coefficient (Wildman–Crippen LogP) is 1.34. The van der Waals surface area contributed by atoms with Crippen molar-refractivity contribution in [3.05, 3.63) is 0 Å². The zero-order chi connectivity index (χ0) is 8.27. The average Bonchev–Trinajstić information content (AvgIpc) is 2.68. The Morgan fingerprint density at radius 3 is 2.73 bits per heavy atom. The fourth-order valence-electron chi connectivity index (χ4n) is 1.62. The Hall–Kier alpha value is -0.370. The quantitative estimate of drug-likeness (QED) is 0.651. The molecule has 1 aliphatic rings. The molecule has 2 N–H and O–H groups in total. The minimum atomic E-state index is 0.355. The van der Waals surface area contributed by atoms with Crippen molar-refractivity contribution >= 4 is 5.78 Å². The molecule has 1 rings (SSSR count). The van der Waals surface area contributed by atoms with E-state index in [1.807, 2.05) is 0 Å². The molecule has 1 aliphatic carbocycles. The number of hydrogen-bond acceptors (Lipinski definition) is 2. The lowest BCUT2D eigenvalue weighted by molar-refractivity contribution is -0.119. The van der Waals surface area contributed by atoms with Crippen LogP contribution in [0.2, 0.25) is 0 Å². The van der Waals surface area contributed by atoms with E-state index in [2.05, 4.69) is 6.92 Å². The molecule has 0 heterocycles. The maximum Gasteiger partial charge on any atom is 0.134 e. The SMILES string of the molecule is CCC1CC1CC(=O)CCN. The van der Waals surface area contributed by atoms with E-state index >= 15 is 0 Å². The number of Topliss-reactive ketones (excluding diaryl/α,β-unsaturated/α-hetero) is 1. The van der Waals surface area contributed by atoms with Gasteiger partial charge in [0, 0.05) is 12.8 Å². The lowest BCUT2D eigenvalue weighted by Crippen LogP contribution is -2.08. The molecule has 0 amide bonds. The summed E-state index contributed by atoms with van der Waals surface area (Å²) in [5.41, 5.74) is 5.27. The van der Waals surface area contributed by atoms with E-state index in [0.29, 0.717) is 24.7 Å². The van der Waals surface area contributed by atoms with Gasteiger partial charge in [0.05, 0.1) is 0 Å². The van der Waals surface area contributed by atoms with Crippen LogP contribution in [-0.4, -0.2) is 12.3 Å². The van der Waals surface area contributed by atoms with Crippen LogP contribution < -0.4 is 5.73 Å². The minimum Gasteiger partial charge on any atom is -0.330 e. The lowest BCUT2D eigenvalue weighted by atomic mass is 10.1. The monoisotopic (exact) mass is 155 g/mol. The molecule has 0 aromatic carbocycles. The summed E-state index contributed by atoms with van der Waals surface area (Å²) < 4.78 is 0. The highest BCUT2D eigenvalue weighted by Crippen LogP contribution is 2.43. The summed E-state index contributed by atoms with van der Waals surface area (Å²) in [7, 11) is 0. The predicted molar refractivity (Wildman–Crippen MR) is 45.2 cm³/mol. The summed E-state index contributed by atoms with van der Waals surface area (Å²) >= 11 is 0. The van der Waals surface area contributed by atoms with E-state index in [-0.39, 0.29) is 0 Å². The van der Waals surface area contributed by atoms with Gasteiger partial charge in [-0.2, -0.15) is 0 Å². The van der Waals surface area contributed by atoms with Crippen molar-refractivity contribution in [1.29, 1.82) is 0 Å². The Bertz CT molecular complexity index is 144. The van der Waals surface area contributed by atoms with Crippen LogP contribution in [0, 0.1) is 11.8 Å². The van der Waals surface area contributed by atoms with E-state index in [0.717, 1.165) is 12.3 Å². The number of hydrogen-bond donors (Lipinski definition) is 1. The molecule has 2 heteroatoms. The summed E-state index contributed by atoms with van der Waals surface area (Å²) in [4.78, 5) is 11.1. The van der Waals surface area contributed by atoms with Crippen molar-refractivity contribution < 1.29 is 4.79 Å². The van der Waals surface area contributed by atoms with Gasteiger partial charge in [-0.05, 0) is 24.8 Å². The Balaban J connectivity index is 2.08. The van der Waals surface area contributed by atoms with Crippen molar-refractivity contribution in [2.45, 2.75) is 32.6 Å². The van der Waals surface area contributed by atoms with Crippen molar-refractivity contribution in [3.8, 4) is 0 Å². The molecular formula is C9H17NO. The third-order valence-corrected chi connectivity index (χ3v) is 2.51. The summed E-state index contributed by atoms with van der Waals surface area (Å²) in [6.45, 7) is 2.71. The molecule has 1 saturated carbocycles. The fraction of sp³-hybridized carbons (Fsp3) is 0.889. The molecule has 0 saturated heterocycles. The van der Waals surface area contributed by atoms with Gasteiger partial charge in [-0.1, -0.05) is 13.3 Å². The van der Waals surface area contributed by atoms with E-state index in [9.17, 15) is 4.79 Å². The number of ketones is 1. The van der Waals surface area contributed by atoms with Gasteiger partial charge in [0.25, 0.3) is 0 Å². The number of nitrogens with two attached hydrogens (primary N) is 1. The van der Waals surface area contributed by atoms with E-state index in [1.165, 1.54) is 12.8 Å². The zero-order valence-corrected chi connectivity index (χ0v) is 7.18. The minimum absolute atomic E-state index is 0.355. The number of carbonyl (C=O) groups excluding carboxylic acids is 1. The zero-order valence-electron chi connectivity index (χ0n) is 7.18. The molecule has 0 aromatic rings. The second kappa shape index (κ2) is 3.86. The number of rotatable bonds is 5. The topological polar surface area (TPSA) is 43.1 Å². The first-order valence-corrected chi connectivity index (χ1v) is 4.49. The van der Waals surface area contributed by atoms with Crippen LogP contribution in [0.3, 0.4) is 0 Å². The molecule has 64 valence electrons. The van der Waals surface area contributed by atoms with Gasteiger partial charge in [0.15, 0.2) is 0 Å². The van der Waals surface area contributed by atoms with Crippen LogP contribution >= 0.6 is 0 Å². The maximum atomic E-state index is 11.1. The highest BCUT2D eigenvalue weighted by atomic mass is 16.1. The molecule has 0 aromatic heterocycles. The normalized spacial score (nSPS) is 28.5. The molecule has 2 atom stereocenters. The van der Waals surface area contributed by atoms with Crippen LogP contribution in [0.25, 0.3) is 0 Å². The number of carbonyl (C=O) groups is 1. The largest absolute Gasteiger partial charge is 0.330 e. The Morgan fingerprint density at radius 2 is 2.27 bits per heavy atom. The fourth-order valence-corrected chi connectivity index (χ4v) is 1.62. The second-order valence-corrected chi connectivity index (χ2v) is 3.45. The Labute approximate surface area is 68.2 Å². The molecule has 2 nitrogen and oxygen atoms in total. The summed E-state index contributed by atoms with van der Waals surface area (Å²) in [6.07, 6.45) is 3.87. The van der Waals surface area contributed by atoms with Gasteiger partial charge in [0.2, 0.25) is 0 Å². The summed E-state index contributed by atoms with van der Waals surface area (Å²) in [6, 6.07) is 0. The molecule has 0 radical (unpaired) electrons. The first kappa shape index (κ1) is 8.72. The van der Waals surface area contributed by atoms with Crippen molar-refractivity contribution in [3.63, 3.8) is 0 Å². The van der Waals surface area contributed by atoms with Crippen molar-refractivity contribution in [2.24, 2.45) is 17.6 Å². The summed E-state index contributed by atoms with van der Waals surface area (Å²) in [5.74, 6) is 1.91. The average molecular weight is 155 g/mol. The molecular weight excluding hydrogens is 138 g/mol. The first-order chi connectivity index (χ1) is 5.27. The van der Waals surface area contributed by atoms with Gasteiger partial charge < -0.3 is 5.73 Å². The van der Waals surface area contributed by atoms with Crippen LogP contribution in [-0.2, 0) is 4.79 Å². The standard InChI is InChI=1S/C9H17NO/c1-2-7-5-8(7)6-9(11)3-4-10/h7-8H,2-6,10H2,1H3.